The van der Waals surface area contributed by atoms with E-state index in [0.717, 1.165) is 0 Å². The van der Waals surface area contributed by atoms with E-state index in [1.807, 2.05) is 0 Å². The summed E-state index contributed by atoms with van der Waals surface area (Å²) in [7, 11) is 0. The molecular weight excluding hydrogens is 314 g/mol. The molecule has 5 unspecified atom stereocenters. The van der Waals surface area contributed by atoms with E-state index >= 15 is 0 Å². The van der Waals surface area contributed by atoms with Crippen LogP contribution in [0, 0.1) is 11.3 Å². The summed E-state index contributed by atoms with van der Waals surface area (Å²) in [6, 6.07) is 0. The second kappa shape index (κ2) is 5.26. The van der Waals surface area contributed by atoms with Crippen LogP contribution in [-0.2, 0) is 14.3 Å². The molecule has 11 nitrogen and oxygen atoms in total. The Morgan fingerprint density at radius 1 is 1.30 bits per heavy atom. The van der Waals surface area contributed by atoms with Crippen molar-refractivity contribution in [1.82, 2.24) is 10.6 Å². The summed E-state index contributed by atoms with van der Waals surface area (Å²) in [4.78, 5) is 10.4. The van der Waals surface area contributed by atoms with Crippen LogP contribution < -0.4 is 10.6 Å². The molecule has 3 fully saturated rings. The van der Waals surface area contributed by atoms with E-state index < -0.39 is 54.3 Å². The lowest BCUT2D eigenvalue weighted by Gasteiger charge is -2.57. The molecule has 8 atom stereocenters. The van der Waals surface area contributed by atoms with Crippen molar-refractivity contribution in [3.05, 3.63) is 0 Å². The Hall–Kier alpha value is -1.50. The van der Waals surface area contributed by atoms with Crippen LogP contribution in [0.2, 0.25) is 0 Å². The van der Waals surface area contributed by atoms with Crippen molar-refractivity contribution >= 4 is 12.4 Å². The molecule has 0 radical (unpaired) electrons. The van der Waals surface area contributed by atoms with Gasteiger partial charge in [0.15, 0.2) is 5.96 Å². The quantitative estimate of drug-likeness (QED) is 0.232. The molecule has 23 heavy (non-hydrogen) atoms. The zero-order valence-electron chi connectivity index (χ0n) is 11.9. The molecule has 0 aromatic rings. The van der Waals surface area contributed by atoms with Gasteiger partial charge in [0.2, 0.25) is 0 Å². The maximum atomic E-state index is 10.6. The number of carbonyl (C=O) groups is 1. The average molecular weight is 333 g/mol. The number of guanidine groups is 1. The highest BCUT2D eigenvalue weighted by molar-refractivity contribution is 5.79. The summed E-state index contributed by atoms with van der Waals surface area (Å²) in [5.41, 5.74) is -3.94. The van der Waals surface area contributed by atoms with Crippen LogP contribution in [0.5, 0.6) is 0 Å². The summed E-state index contributed by atoms with van der Waals surface area (Å²) in [5, 5.41) is 64.0. The van der Waals surface area contributed by atoms with Gasteiger partial charge in [-0.15, -0.1) is 0 Å². The highest BCUT2D eigenvalue weighted by Crippen LogP contribution is 2.50. The number of rotatable bonds is 4. The van der Waals surface area contributed by atoms with Crippen LogP contribution in [0.25, 0.3) is 0 Å². The van der Waals surface area contributed by atoms with Crippen molar-refractivity contribution in [2.24, 2.45) is 5.92 Å². The van der Waals surface area contributed by atoms with E-state index in [9.17, 15) is 30.3 Å². The van der Waals surface area contributed by atoms with Crippen molar-refractivity contribution in [3.63, 3.8) is 0 Å². The Labute approximate surface area is 130 Å². The molecule has 0 spiro atoms. The highest BCUT2D eigenvalue weighted by atomic mass is 16.6. The first-order valence-corrected chi connectivity index (χ1v) is 7.04. The third-order valence-electron chi connectivity index (χ3n) is 5.07. The summed E-state index contributed by atoms with van der Waals surface area (Å²) >= 11 is 0. The zero-order chi connectivity index (χ0) is 17.0. The van der Waals surface area contributed by atoms with Crippen LogP contribution in [0.4, 0.5) is 0 Å². The van der Waals surface area contributed by atoms with Crippen molar-refractivity contribution < 1.29 is 39.8 Å². The monoisotopic (exact) mass is 333 g/mol. The van der Waals surface area contributed by atoms with E-state index in [0.29, 0.717) is 0 Å². The fourth-order valence-corrected chi connectivity index (χ4v) is 3.92. The van der Waals surface area contributed by atoms with Gasteiger partial charge < -0.3 is 45.6 Å². The van der Waals surface area contributed by atoms with E-state index in [2.05, 4.69) is 15.4 Å². The molecular formula is C12H19N3O8. The number of hydrogen-bond donors (Lipinski definition) is 8. The van der Waals surface area contributed by atoms with Gasteiger partial charge in [-0.1, -0.05) is 0 Å². The predicted octanol–water partition coefficient (Wildman–Crippen LogP) is -4.81. The topological polar surface area (TPSA) is 185 Å². The van der Waals surface area contributed by atoms with Gasteiger partial charge in [0, 0.05) is 0 Å². The fraction of sp³-hybridized carbons (Fsp3) is 0.833. The fourth-order valence-electron chi connectivity index (χ4n) is 3.92. The van der Waals surface area contributed by atoms with Crippen LogP contribution in [0.3, 0.4) is 0 Å². The van der Waals surface area contributed by atoms with Crippen LogP contribution in [-0.4, -0.2) is 93.0 Å². The number of hydrogen-bond acceptors (Lipinski definition) is 9. The number of aliphatic hydroxyl groups excluding tert-OH is 4. The third-order valence-corrected chi connectivity index (χ3v) is 5.07. The molecule has 1 saturated carbocycles. The molecule has 2 saturated heterocycles. The Morgan fingerprint density at radius 2 is 2.00 bits per heavy atom. The molecule has 3 rings (SSSR count). The Balaban J connectivity index is 2.06. The SMILES string of the molecule is N=C1NC2O[C@H](COC=O)C3(N1)C(O)C(O)[C@](O)(CO)C(O)[C@H]23. The average Bonchev–Trinajstić information content (AvgIpc) is 2.74. The van der Waals surface area contributed by atoms with Crippen LogP contribution >= 0.6 is 0 Å². The molecule has 0 aromatic carbocycles. The largest absolute Gasteiger partial charge is 0.465 e. The Bertz CT molecular complexity index is 521. The van der Waals surface area contributed by atoms with Gasteiger partial charge in [-0.2, -0.15) is 0 Å². The summed E-state index contributed by atoms with van der Waals surface area (Å²) in [6.07, 6.45) is -7.29. The number of carbonyl (C=O) groups excluding carboxylic acids is 1. The van der Waals surface area contributed by atoms with Crippen molar-refractivity contribution in [2.45, 2.75) is 41.8 Å². The second-order valence-electron chi connectivity index (χ2n) is 6.06. The summed E-state index contributed by atoms with van der Waals surface area (Å²) < 4.78 is 10.3. The first-order valence-electron chi connectivity index (χ1n) is 7.04. The standard InChI is InChI=1S/C12H19N3O8/c13-10-14-9-5-6(18)11(21,2-16)7(19)8(20)12(5,15-10)4(23-9)1-22-3-17/h3-9,16,18-21H,1-2H2,(H3,13,14,15)/t4-,5-,6?,7?,8?,9?,11+,12?/m1/s1. The first kappa shape index (κ1) is 16.4. The van der Waals surface area contributed by atoms with E-state index in [1.54, 1.807) is 0 Å². The van der Waals surface area contributed by atoms with Gasteiger partial charge in [-0.25, -0.2) is 0 Å². The van der Waals surface area contributed by atoms with Crippen molar-refractivity contribution in [2.75, 3.05) is 13.2 Å². The predicted molar refractivity (Wildman–Crippen MR) is 71.0 cm³/mol. The minimum atomic E-state index is -2.36. The molecule has 0 amide bonds. The van der Waals surface area contributed by atoms with Gasteiger partial charge in [-0.05, 0) is 0 Å². The second-order valence-corrected chi connectivity index (χ2v) is 6.06. The molecule has 2 aliphatic heterocycles. The van der Waals surface area contributed by atoms with Gasteiger partial charge in [0.25, 0.3) is 6.47 Å². The molecule has 130 valence electrons. The van der Waals surface area contributed by atoms with Crippen LogP contribution in [0.1, 0.15) is 0 Å². The van der Waals surface area contributed by atoms with E-state index in [1.165, 1.54) is 0 Å². The smallest absolute Gasteiger partial charge is 0.293 e. The third kappa shape index (κ3) is 1.92. The zero-order valence-corrected chi connectivity index (χ0v) is 11.9. The number of aliphatic hydroxyl groups is 5. The number of ether oxygens (including phenoxy) is 2. The van der Waals surface area contributed by atoms with Crippen molar-refractivity contribution in [3.8, 4) is 0 Å². The van der Waals surface area contributed by atoms with Gasteiger partial charge in [0.1, 0.15) is 42.3 Å². The van der Waals surface area contributed by atoms with Gasteiger partial charge in [-0.3, -0.25) is 10.2 Å². The number of nitrogens with one attached hydrogen (secondary N) is 3. The molecule has 2 heterocycles. The lowest BCUT2D eigenvalue weighted by molar-refractivity contribution is -0.260. The molecule has 0 aromatic heterocycles. The highest BCUT2D eigenvalue weighted by Gasteiger charge is 2.74. The van der Waals surface area contributed by atoms with Crippen LogP contribution in [0.15, 0.2) is 0 Å². The Kier molecular flexibility index (Phi) is 3.74. The Morgan fingerprint density at radius 3 is 2.61 bits per heavy atom. The van der Waals surface area contributed by atoms with Crippen molar-refractivity contribution in [1.29, 1.82) is 5.41 Å². The minimum Gasteiger partial charge on any atom is -0.465 e. The summed E-state index contributed by atoms with van der Waals surface area (Å²) in [6.45, 7) is -1.10. The molecule has 8 N–H and O–H groups in total. The van der Waals surface area contributed by atoms with E-state index in [-0.39, 0.29) is 19.0 Å². The van der Waals surface area contributed by atoms with Gasteiger partial charge >= 0.3 is 0 Å². The van der Waals surface area contributed by atoms with E-state index in [4.69, 9.17) is 10.1 Å². The maximum Gasteiger partial charge on any atom is 0.293 e. The first-order chi connectivity index (χ1) is 10.8. The summed E-state index contributed by atoms with van der Waals surface area (Å²) in [5.74, 6) is -1.24. The molecule has 11 heteroatoms. The molecule has 3 aliphatic rings. The lowest BCUT2D eigenvalue weighted by Crippen LogP contribution is -2.84. The maximum absolute atomic E-state index is 10.6. The van der Waals surface area contributed by atoms with Gasteiger partial charge in [0.05, 0.1) is 18.6 Å². The normalized spacial score (nSPS) is 51.4. The lowest BCUT2D eigenvalue weighted by atomic mass is 9.60. The molecule has 1 aliphatic carbocycles. The molecule has 2 bridgehead atoms. The minimum absolute atomic E-state index is 0.183.